The molecule has 5 nitrogen and oxygen atoms in total. The van der Waals surface area contributed by atoms with Crippen LogP contribution in [0.5, 0.6) is 0 Å². The molecule has 0 saturated carbocycles. The van der Waals surface area contributed by atoms with Gasteiger partial charge in [-0.05, 0) is 30.3 Å². The molecule has 0 amide bonds. The molecule has 2 aromatic carbocycles. The summed E-state index contributed by atoms with van der Waals surface area (Å²) in [6, 6.07) is 14.7. The number of fused-ring (bicyclic) bond motifs is 1. The van der Waals surface area contributed by atoms with Crippen molar-refractivity contribution in [3.05, 3.63) is 80.2 Å². The topological polar surface area (TPSA) is 67.5 Å². The van der Waals surface area contributed by atoms with Crippen molar-refractivity contribution in [2.75, 3.05) is 5.43 Å². The van der Waals surface area contributed by atoms with Gasteiger partial charge >= 0.3 is 5.63 Å². The van der Waals surface area contributed by atoms with Crippen LogP contribution < -0.4 is 11.1 Å². The lowest BCUT2D eigenvalue weighted by Gasteiger charge is -2.00. The largest absolute Gasteiger partial charge is 0.422 e. The fourth-order valence-electron chi connectivity index (χ4n) is 2.45. The minimum atomic E-state index is -0.403. The molecule has 0 saturated heterocycles. The van der Waals surface area contributed by atoms with Gasteiger partial charge in [-0.2, -0.15) is 5.10 Å². The molecule has 0 aliphatic carbocycles. The van der Waals surface area contributed by atoms with Gasteiger partial charge in [-0.1, -0.05) is 57.1 Å². The number of halogens is 2. The predicted molar refractivity (Wildman–Crippen MR) is 114 cm³/mol. The molecule has 0 aliphatic rings. The summed E-state index contributed by atoms with van der Waals surface area (Å²) in [5.74, 6) is 0. The van der Waals surface area contributed by atoms with Crippen LogP contribution in [0.4, 0.5) is 5.13 Å². The normalized spacial score (nSPS) is 11.3. The highest BCUT2D eigenvalue weighted by Gasteiger charge is 2.11. The van der Waals surface area contributed by atoms with Crippen LogP contribution in [-0.2, 0) is 0 Å². The highest BCUT2D eigenvalue weighted by molar-refractivity contribution is 9.10. The maximum atomic E-state index is 12.3. The van der Waals surface area contributed by atoms with Gasteiger partial charge in [0.05, 0.1) is 16.7 Å². The third-order valence-corrected chi connectivity index (χ3v) is 5.51. The molecule has 0 fully saturated rings. The number of nitrogens with zero attached hydrogens (tertiary/aromatic N) is 2. The van der Waals surface area contributed by atoms with Crippen LogP contribution in [0.2, 0.25) is 5.02 Å². The van der Waals surface area contributed by atoms with E-state index in [0.29, 0.717) is 26.2 Å². The lowest BCUT2D eigenvalue weighted by Crippen LogP contribution is -2.01. The summed E-state index contributed by atoms with van der Waals surface area (Å²) in [7, 11) is 0. The molecule has 0 radical (unpaired) electrons. The molecule has 27 heavy (non-hydrogen) atoms. The van der Waals surface area contributed by atoms with E-state index >= 15 is 0 Å². The van der Waals surface area contributed by atoms with Gasteiger partial charge in [0.2, 0.25) is 5.13 Å². The van der Waals surface area contributed by atoms with E-state index in [0.717, 1.165) is 15.4 Å². The summed E-state index contributed by atoms with van der Waals surface area (Å²) in [5.41, 5.74) is 4.25. The number of anilines is 1. The highest BCUT2D eigenvalue weighted by atomic mass is 79.9. The van der Waals surface area contributed by atoms with Crippen molar-refractivity contribution in [1.29, 1.82) is 0 Å². The van der Waals surface area contributed by atoms with E-state index in [2.05, 4.69) is 31.4 Å². The van der Waals surface area contributed by atoms with Crippen LogP contribution in [0, 0.1) is 0 Å². The molecule has 2 heterocycles. The molecule has 8 heteroatoms. The van der Waals surface area contributed by atoms with Crippen molar-refractivity contribution in [3.8, 4) is 10.4 Å². The first kappa shape index (κ1) is 17.9. The van der Waals surface area contributed by atoms with Crippen LogP contribution in [0.15, 0.2) is 73.5 Å². The second-order valence-electron chi connectivity index (χ2n) is 5.55. The Morgan fingerprint density at radius 3 is 2.93 bits per heavy atom. The Morgan fingerprint density at radius 2 is 2.07 bits per heavy atom. The van der Waals surface area contributed by atoms with Crippen molar-refractivity contribution in [1.82, 2.24) is 4.98 Å². The standard InChI is InChI=1S/C19H11BrClN3O2S/c20-13-5-6-16-12(7-13)8-14(18(25)26-16)17-10-22-19(27-17)24-23-9-11-3-1-2-4-15(11)21/h1-10H,(H,22,24)/b23-9-. The summed E-state index contributed by atoms with van der Waals surface area (Å²) >= 11 is 10.8. The molecule has 0 unspecified atom stereocenters. The monoisotopic (exact) mass is 459 g/mol. The molecule has 0 aliphatic heterocycles. The van der Waals surface area contributed by atoms with Gasteiger partial charge in [0.1, 0.15) is 5.58 Å². The molecule has 4 rings (SSSR count). The van der Waals surface area contributed by atoms with Crippen molar-refractivity contribution < 1.29 is 4.42 Å². The molecule has 0 spiro atoms. The van der Waals surface area contributed by atoms with E-state index in [9.17, 15) is 4.79 Å². The first-order valence-electron chi connectivity index (χ1n) is 7.83. The van der Waals surface area contributed by atoms with Crippen LogP contribution in [0.25, 0.3) is 21.4 Å². The minimum Gasteiger partial charge on any atom is -0.422 e. The fraction of sp³-hybridized carbons (Fsp3) is 0. The summed E-state index contributed by atoms with van der Waals surface area (Å²) in [6.07, 6.45) is 3.24. The van der Waals surface area contributed by atoms with E-state index in [4.69, 9.17) is 16.0 Å². The molecular formula is C19H11BrClN3O2S. The number of benzene rings is 2. The van der Waals surface area contributed by atoms with E-state index in [-0.39, 0.29) is 0 Å². The van der Waals surface area contributed by atoms with E-state index in [1.54, 1.807) is 30.6 Å². The number of hydrogen-bond acceptors (Lipinski definition) is 6. The summed E-state index contributed by atoms with van der Waals surface area (Å²) in [6.45, 7) is 0. The van der Waals surface area contributed by atoms with Crippen LogP contribution in [0.1, 0.15) is 5.56 Å². The third-order valence-electron chi connectivity index (χ3n) is 3.73. The predicted octanol–water partition coefficient (Wildman–Crippen LogP) is 5.78. The first-order chi connectivity index (χ1) is 13.1. The number of hydrogen-bond donors (Lipinski definition) is 1. The summed E-state index contributed by atoms with van der Waals surface area (Å²) in [5, 5.41) is 6.15. The second-order valence-corrected chi connectivity index (χ2v) is 7.90. The third kappa shape index (κ3) is 3.95. The van der Waals surface area contributed by atoms with Crippen LogP contribution in [0.3, 0.4) is 0 Å². The minimum absolute atomic E-state index is 0.403. The van der Waals surface area contributed by atoms with E-state index in [1.807, 2.05) is 30.3 Å². The maximum absolute atomic E-state index is 12.3. The quantitative estimate of drug-likeness (QED) is 0.238. The molecule has 134 valence electrons. The molecule has 4 aromatic rings. The number of rotatable bonds is 4. The van der Waals surface area contributed by atoms with Crippen LogP contribution >= 0.6 is 38.9 Å². The van der Waals surface area contributed by atoms with Crippen LogP contribution in [-0.4, -0.2) is 11.2 Å². The van der Waals surface area contributed by atoms with E-state index in [1.165, 1.54) is 11.3 Å². The number of aromatic nitrogens is 1. The maximum Gasteiger partial charge on any atom is 0.345 e. The van der Waals surface area contributed by atoms with Crippen molar-refractivity contribution in [3.63, 3.8) is 0 Å². The number of nitrogens with one attached hydrogen (secondary N) is 1. The van der Waals surface area contributed by atoms with Gasteiger partial charge in [-0.25, -0.2) is 9.78 Å². The Hall–Kier alpha value is -2.48. The Morgan fingerprint density at radius 1 is 1.22 bits per heavy atom. The molecule has 1 N–H and O–H groups in total. The van der Waals surface area contributed by atoms with Gasteiger partial charge < -0.3 is 4.42 Å². The van der Waals surface area contributed by atoms with Gasteiger partial charge in [0.15, 0.2) is 0 Å². The Kier molecular flexibility index (Phi) is 5.07. The Labute approximate surface area is 171 Å². The van der Waals surface area contributed by atoms with Gasteiger partial charge in [-0.3, -0.25) is 5.43 Å². The van der Waals surface area contributed by atoms with Crippen molar-refractivity contribution in [2.45, 2.75) is 0 Å². The van der Waals surface area contributed by atoms with Gasteiger partial charge in [0.25, 0.3) is 0 Å². The fourth-order valence-corrected chi connectivity index (χ4v) is 3.79. The Bertz CT molecular complexity index is 1220. The molecule has 2 aromatic heterocycles. The second kappa shape index (κ2) is 7.64. The lowest BCUT2D eigenvalue weighted by atomic mass is 10.2. The SMILES string of the molecule is O=c1oc2ccc(Br)cc2cc1-c1cnc(N/N=C\c2ccccc2Cl)s1. The van der Waals surface area contributed by atoms with Gasteiger partial charge in [-0.15, -0.1) is 0 Å². The zero-order valence-electron chi connectivity index (χ0n) is 13.6. The van der Waals surface area contributed by atoms with E-state index < -0.39 is 5.63 Å². The zero-order chi connectivity index (χ0) is 18.8. The molecule has 0 atom stereocenters. The Balaban J connectivity index is 1.59. The first-order valence-corrected chi connectivity index (χ1v) is 9.82. The van der Waals surface area contributed by atoms with Crippen molar-refractivity contribution >= 4 is 61.2 Å². The number of thiazole rings is 1. The van der Waals surface area contributed by atoms with Crippen molar-refractivity contribution in [2.24, 2.45) is 5.10 Å². The smallest absolute Gasteiger partial charge is 0.345 e. The van der Waals surface area contributed by atoms with Gasteiger partial charge in [0, 0.05) is 26.6 Å². The highest BCUT2D eigenvalue weighted by Crippen LogP contribution is 2.29. The molecular weight excluding hydrogens is 450 g/mol. The average molecular weight is 461 g/mol. The number of hydrazone groups is 1. The summed E-state index contributed by atoms with van der Waals surface area (Å²) < 4.78 is 6.31. The molecule has 0 bridgehead atoms. The lowest BCUT2D eigenvalue weighted by molar-refractivity contribution is 0.563. The summed E-state index contributed by atoms with van der Waals surface area (Å²) in [4.78, 5) is 17.3. The average Bonchev–Trinajstić information content (AvgIpc) is 3.12. The zero-order valence-corrected chi connectivity index (χ0v) is 16.8.